The van der Waals surface area contributed by atoms with Crippen LogP contribution in [0.2, 0.25) is 0 Å². The molecule has 0 spiro atoms. The molecule has 0 atom stereocenters. The van der Waals surface area contributed by atoms with Gasteiger partial charge in [-0.05, 0) is 29.8 Å². The lowest BCUT2D eigenvalue weighted by Gasteiger charge is -2.02. The zero-order chi connectivity index (χ0) is 12.5. The van der Waals surface area contributed by atoms with E-state index in [2.05, 4.69) is 11.4 Å². The number of hydrogen-bond acceptors (Lipinski definition) is 4. The van der Waals surface area contributed by atoms with Crippen molar-refractivity contribution in [2.75, 3.05) is 20.2 Å². The van der Waals surface area contributed by atoms with Gasteiger partial charge in [0.15, 0.2) is 0 Å². The highest BCUT2D eigenvalue weighted by Gasteiger charge is 2.00. The monoisotopic (exact) mass is 227 g/mol. The maximum Gasteiger partial charge on any atom is 0.118 e. The van der Waals surface area contributed by atoms with E-state index in [-0.39, 0.29) is 6.54 Å². The second-order valence-corrected chi connectivity index (χ2v) is 3.25. The van der Waals surface area contributed by atoms with Crippen LogP contribution in [0, 0.1) is 22.7 Å². The number of nitrogens with one attached hydrogen (secondary N) is 1. The molecule has 17 heavy (non-hydrogen) atoms. The highest BCUT2D eigenvalue weighted by Crippen LogP contribution is 2.17. The van der Waals surface area contributed by atoms with Gasteiger partial charge in [-0.2, -0.15) is 10.5 Å². The van der Waals surface area contributed by atoms with E-state index < -0.39 is 0 Å². The second kappa shape index (κ2) is 7.05. The van der Waals surface area contributed by atoms with Crippen LogP contribution in [0.25, 0.3) is 5.57 Å². The summed E-state index contributed by atoms with van der Waals surface area (Å²) in [6.45, 7) is 0.778. The van der Waals surface area contributed by atoms with E-state index in [0.29, 0.717) is 12.1 Å². The van der Waals surface area contributed by atoms with E-state index in [9.17, 15) is 0 Å². The zero-order valence-corrected chi connectivity index (χ0v) is 9.60. The average Bonchev–Trinajstić information content (AvgIpc) is 2.39. The van der Waals surface area contributed by atoms with Crippen molar-refractivity contribution in [3.05, 3.63) is 35.9 Å². The van der Waals surface area contributed by atoms with E-state index in [1.807, 2.05) is 30.3 Å². The van der Waals surface area contributed by atoms with Gasteiger partial charge in [0, 0.05) is 6.54 Å². The van der Waals surface area contributed by atoms with Gasteiger partial charge in [-0.25, -0.2) is 0 Å². The highest BCUT2D eigenvalue weighted by molar-refractivity contribution is 5.77. The Morgan fingerprint density at radius 3 is 2.59 bits per heavy atom. The van der Waals surface area contributed by atoms with Gasteiger partial charge in [0.05, 0.1) is 31.4 Å². The molecule has 0 radical (unpaired) electrons. The fraction of sp³-hybridized carbons (Fsp3) is 0.231. The molecule has 0 aromatic heterocycles. The predicted molar refractivity (Wildman–Crippen MR) is 65.1 cm³/mol. The quantitative estimate of drug-likeness (QED) is 0.472. The Morgan fingerprint density at radius 2 is 2.06 bits per heavy atom. The van der Waals surface area contributed by atoms with Crippen LogP contribution in [0.5, 0.6) is 5.75 Å². The molecule has 0 saturated heterocycles. The van der Waals surface area contributed by atoms with E-state index in [0.717, 1.165) is 11.3 Å². The van der Waals surface area contributed by atoms with E-state index >= 15 is 0 Å². The molecule has 1 aromatic carbocycles. The summed E-state index contributed by atoms with van der Waals surface area (Å²) in [6.07, 6.45) is 1.76. The molecule has 0 bridgehead atoms. The maximum absolute atomic E-state index is 9.02. The fourth-order valence-electron chi connectivity index (χ4n) is 1.30. The van der Waals surface area contributed by atoms with E-state index in [4.69, 9.17) is 15.3 Å². The summed E-state index contributed by atoms with van der Waals surface area (Å²) < 4.78 is 5.04. The van der Waals surface area contributed by atoms with Crippen LogP contribution in [0.1, 0.15) is 5.56 Å². The standard InChI is InChI=1S/C13H13N3O/c1-17-13-4-2-11(3-5-13)12(10-15)6-8-16-9-7-14/h2-6,16H,8-9H2,1H3/b12-6-. The highest BCUT2D eigenvalue weighted by atomic mass is 16.5. The van der Waals surface area contributed by atoms with Crippen LogP contribution in [-0.2, 0) is 0 Å². The molecule has 0 fully saturated rings. The van der Waals surface area contributed by atoms with Crippen LogP contribution >= 0.6 is 0 Å². The first kappa shape index (κ1) is 12.8. The number of allylic oxidation sites excluding steroid dienone is 1. The van der Waals surface area contributed by atoms with Gasteiger partial charge in [-0.3, -0.25) is 0 Å². The predicted octanol–water partition coefficient (Wildman–Crippen LogP) is 1.72. The van der Waals surface area contributed by atoms with Crippen LogP contribution < -0.4 is 10.1 Å². The summed E-state index contributed by atoms with van der Waals surface area (Å²) >= 11 is 0. The SMILES string of the molecule is COc1ccc(/C(C#N)=C\CNCC#N)cc1. The first-order chi connectivity index (χ1) is 8.31. The normalized spacial score (nSPS) is 10.4. The van der Waals surface area contributed by atoms with E-state index in [1.54, 1.807) is 13.2 Å². The number of nitrogens with zero attached hydrogens (tertiary/aromatic N) is 2. The Bertz CT molecular complexity index is 463. The molecule has 0 aliphatic carbocycles. The summed E-state index contributed by atoms with van der Waals surface area (Å²) in [5, 5.41) is 20.3. The summed E-state index contributed by atoms with van der Waals surface area (Å²) in [7, 11) is 1.60. The summed E-state index contributed by atoms with van der Waals surface area (Å²) in [5.74, 6) is 0.758. The molecule has 0 saturated carbocycles. The topological polar surface area (TPSA) is 68.8 Å². The molecule has 0 unspecified atom stereocenters. The lowest BCUT2D eigenvalue weighted by Crippen LogP contribution is -2.13. The summed E-state index contributed by atoms with van der Waals surface area (Å²) in [4.78, 5) is 0. The molecule has 86 valence electrons. The minimum atomic E-state index is 0.276. The Morgan fingerprint density at radius 1 is 1.35 bits per heavy atom. The molecule has 4 nitrogen and oxygen atoms in total. The lowest BCUT2D eigenvalue weighted by molar-refractivity contribution is 0.415. The minimum Gasteiger partial charge on any atom is -0.497 e. The number of benzene rings is 1. The second-order valence-electron chi connectivity index (χ2n) is 3.25. The Kier molecular flexibility index (Phi) is 5.30. The minimum absolute atomic E-state index is 0.276. The van der Waals surface area contributed by atoms with Crippen molar-refractivity contribution in [2.45, 2.75) is 0 Å². The lowest BCUT2D eigenvalue weighted by atomic mass is 10.1. The van der Waals surface area contributed by atoms with E-state index in [1.165, 1.54) is 0 Å². The smallest absolute Gasteiger partial charge is 0.118 e. The molecule has 4 heteroatoms. The molecule has 0 heterocycles. The Balaban J connectivity index is 2.73. The first-order valence-corrected chi connectivity index (χ1v) is 5.14. The van der Waals surface area contributed by atoms with Gasteiger partial charge in [0.1, 0.15) is 5.75 Å². The van der Waals surface area contributed by atoms with Crippen molar-refractivity contribution in [3.63, 3.8) is 0 Å². The largest absolute Gasteiger partial charge is 0.497 e. The maximum atomic E-state index is 9.02. The Labute approximate surface area is 101 Å². The van der Waals surface area contributed by atoms with Gasteiger partial charge in [-0.15, -0.1) is 0 Å². The summed E-state index contributed by atoms with van der Waals surface area (Å²) in [6, 6.07) is 11.4. The van der Waals surface area contributed by atoms with Crippen molar-refractivity contribution >= 4 is 5.57 Å². The number of methoxy groups -OCH3 is 1. The van der Waals surface area contributed by atoms with Crippen molar-refractivity contribution in [1.29, 1.82) is 10.5 Å². The molecule has 1 rings (SSSR count). The number of hydrogen-bond donors (Lipinski definition) is 1. The van der Waals surface area contributed by atoms with Crippen LogP contribution in [-0.4, -0.2) is 20.2 Å². The Hall–Kier alpha value is -2.30. The molecular weight excluding hydrogens is 214 g/mol. The number of rotatable bonds is 5. The molecule has 1 N–H and O–H groups in total. The van der Waals surface area contributed by atoms with Crippen LogP contribution in [0.3, 0.4) is 0 Å². The van der Waals surface area contributed by atoms with Gasteiger partial charge < -0.3 is 10.1 Å². The van der Waals surface area contributed by atoms with Crippen molar-refractivity contribution in [1.82, 2.24) is 5.32 Å². The number of ether oxygens (including phenoxy) is 1. The molecular formula is C13H13N3O. The average molecular weight is 227 g/mol. The molecule has 0 amide bonds. The zero-order valence-electron chi connectivity index (χ0n) is 9.60. The molecule has 0 aliphatic heterocycles. The fourth-order valence-corrected chi connectivity index (χ4v) is 1.30. The van der Waals surface area contributed by atoms with Gasteiger partial charge >= 0.3 is 0 Å². The third kappa shape index (κ3) is 3.98. The van der Waals surface area contributed by atoms with Gasteiger partial charge in [-0.1, -0.05) is 6.08 Å². The van der Waals surface area contributed by atoms with Crippen LogP contribution in [0.15, 0.2) is 30.3 Å². The third-order valence-corrected chi connectivity index (χ3v) is 2.18. The number of nitriles is 2. The molecule has 0 aliphatic rings. The summed E-state index contributed by atoms with van der Waals surface area (Å²) in [5.41, 5.74) is 1.42. The van der Waals surface area contributed by atoms with Crippen LogP contribution in [0.4, 0.5) is 0 Å². The van der Waals surface area contributed by atoms with Crippen molar-refractivity contribution in [2.24, 2.45) is 0 Å². The first-order valence-electron chi connectivity index (χ1n) is 5.14. The van der Waals surface area contributed by atoms with Gasteiger partial charge in [0.25, 0.3) is 0 Å². The van der Waals surface area contributed by atoms with Crippen molar-refractivity contribution in [3.8, 4) is 17.9 Å². The molecule has 1 aromatic rings. The van der Waals surface area contributed by atoms with Gasteiger partial charge in [0.2, 0.25) is 0 Å². The van der Waals surface area contributed by atoms with Crippen molar-refractivity contribution < 1.29 is 4.74 Å². The third-order valence-electron chi connectivity index (χ3n) is 2.18.